The molecule has 0 radical (unpaired) electrons. The summed E-state index contributed by atoms with van der Waals surface area (Å²) in [5.41, 5.74) is 4.44. The number of carboxylic acids is 1. The van der Waals surface area contributed by atoms with Crippen molar-refractivity contribution in [3.63, 3.8) is 0 Å². The molecule has 0 saturated carbocycles. The van der Waals surface area contributed by atoms with Crippen LogP contribution in [0.4, 0.5) is 0 Å². The monoisotopic (exact) mass is 570 g/mol. The van der Waals surface area contributed by atoms with E-state index >= 15 is 0 Å². The van der Waals surface area contributed by atoms with Crippen molar-refractivity contribution in [1.29, 1.82) is 0 Å². The fourth-order valence-electron chi connectivity index (χ4n) is 4.70. The summed E-state index contributed by atoms with van der Waals surface area (Å²) in [5, 5.41) is 15.6. The highest BCUT2D eigenvalue weighted by Gasteiger charge is 2.17. The fourth-order valence-corrected chi connectivity index (χ4v) is 5.07. The Balaban J connectivity index is 1.65. The molecule has 8 heteroatoms. The van der Waals surface area contributed by atoms with E-state index in [1.165, 1.54) is 4.68 Å². The molecule has 0 aliphatic rings. The predicted molar refractivity (Wildman–Crippen MR) is 155 cm³/mol. The maximum atomic E-state index is 13.6. The summed E-state index contributed by atoms with van der Waals surface area (Å²) in [6.07, 6.45) is 2.55. The van der Waals surface area contributed by atoms with Gasteiger partial charge in [0.1, 0.15) is 5.82 Å². The van der Waals surface area contributed by atoms with Crippen molar-refractivity contribution in [2.45, 2.75) is 39.7 Å². The maximum Gasteiger partial charge on any atom is 0.335 e. The van der Waals surface area contributed by atoms with Crippen molar-refractivity contribution < 1.29 is 9.90 Å². The summed E-state index contributed by atoms with van der Waals surface area (Å²) in [5.74, 6) is -0.292. The van der Waals surface area contributed by atoms with Gasteiger partial charge in [0.2, 0.25) is 0 Å². The van der Waals surface area contributed by atoms with Gasteiger partial charge in [-0.15, -0.1) is 0 Å². The molecule has 0 amide bonds. The summed E-state index contributed by atoms with van der Waals surface area (Å²) >= 11 is 3.46. The SMILES string of the molecule is CC[C@H](C)c1nc2ccc(Br)cc2c(=O)n1N=Cc1c(C)n(Cc2cccc(C(=O)O)c2)c2ccccc12. The zero-order chi connectivity index (χ0) is 27.0. The molecular formula is C30H27BrN4O3. The average Bonchev–Trinajstić information content (AvgIpc) is 3.18. The standard InChI is InChI=1S/C30H27BrN4O3/c1-4-18(2)28-33-26-13-12-22(31)15-24(26)29(36)35(28)32-16-25-19(3)34(27-11-6-5-10-23(25)27)17-20-8-7-9-21(14-20)30(37)38/h5-16,18H,4,17H2,1-3H3,(H,37,38)/t18-/m0/s1. The van der Waals surface area contributed by atoms with Gasteiger partial charge in [-0.3, -0.25) is 4.79 Å². The minimum atomic E-state index is -0.952. The van der Waals surface area contributed by atoms with Crippen LogP contribution in [0.3, 0.4) is 0 Å². The number of aromatic nitrogens is 3. The van der Waals surface area contributed by atoms with Gasteiger partial charge in [0.15, 0.2) is 0 Å². The molecule has 3 aromatic carbocycles. The van der Waals surface area contributed by atoms with Gasteiger partial charge in [0.05, 0.1) is 22.7 Å². The molecule has 0 spiro atoms. The molecule has 1 atom stereocenters. The molecule has 2 aromatic heterocycles. The highest BCUT2D eigenvalue weighted by Crippen LogP contribution is 2.26. The fraction of sp³-hybridized carbons (Fsp3) is 0.200. The van der Waals surface area contributed by atoms with Gasteiger partial charge in [-0.1, -0.05) is 60.1 Å². The van der Waals surface area contributed by atoms with Crippen LogP contribution in [0, 0.1) is 6.92 Å². The minimum Gasteiger partial charge on any atom is -0.478 e. The van der Waals surface area contributed by atoms with Crippen LogP contribution in [-0.2, 0) is 6.54 Å². The van der Waals surface area contributed by atoms with Crippen LogP contribution in [0.1, 0.15) is 59.2 Å². The smallest absolute Gasteiger partial charge is 0.335 e. The third kappa shape index (κ3) is 4.67. The first-order valence-corrected chi connectivity index (χ1v) is 13.2. The number of aromatic carboxylic acids is 1. The van der Waals surface area contributed by atoms with E-state index in [0.29, 0.717) is 23.3 Å². The van der Waals surface area contributed by atoms with Gasteiger partial charge in [-0.05, 0) is 55.3 Å². The number of hydrogen-bond acceptors (Lipinski definition) is 4. The Morgan fingerprint density at radius 2 is 1.89 bits per heavy atom. The van der Waals surface area contributed by atoms with Crippen molar-refractivity contribution in [3.05, 3.63) is 110 Å². The van der Waals surface area contributed by atoms with E-state index in [2.05, 4.69) is 27.4 Å². The molecule has 2 heterocycles. The van der Waals surface area contributed by atoms with E-state index < -0.39 is 5.97 Å². The molecule has 0 aliphatic carbocycles. The summed E-state index contributed by atoms with van der Waals surface area (Å²) in [6.45, 7) is 6.62. The lowest BCUT2D eigenvalue weighted by Crippen LogP contribution is -2.23. The number of benzene rings is 3. The largest absolute Gasteiger partial charge is 0.478 e. The quantitative estimate of drug-likeness (QED) is 0.224. The lowest BCUT2D eigenvalue weighted by atomic mass is 10.1. The molecule has 1 N–H and O–H groups in total. The zero-order valence-corrected chi connectivity index (χ0v) is 22.9. The lowest BCUT2D eigenvalue weighted by Gasteiger charge is -2.14. The number of halogens is 1. The third-order valence-electron chi connectivity index (χ3n) is 6.98. The van der Waals surface area contributed by atoms with Crippen LogP contribution in [0.25, 0.3) is 21.8 Å². The van der Waals surface area contributed by atoms with Crippen LogP contribution >= 0.6 is 15.9 Å². The van der Waals surface area contributed by atoms with Crippen molar-refractivity contribution >= 4 is 49.9 Å². The molecule has 5 rings (SSSR count). The second kappa shape index (κ2) is 10.4. The number of rotatable bonds is 7. The van der Waals surface area contributed by atoms with E-state index in [4.69, 9.17) is 10.1 Å². The van der Waals surface area contributed by atoms with Crippen molar-refractivity contribution in [3.8, 4) is 0 Å². The molecule has 38 heavy (non-hydrogen) atoms. The number of carboxylic acid groups (broad SMARTS) is 1. The van der Waals surface area contributed by atoms with Crippen molar-refractivity contribution in [1.82, 2.24) is 14.2 Å². The number of para-hydroxylation sites is 1. The third-order valence-corrected chi connectivity index (χ3v) is 7.48. The molecule has 0 unspecified atom stereocenters. The van der Waals surface area contributed by atoms with E-state index in [0.717, 1.165) is 38.6 Å². The highest BCUT2D eigenvalue weighted by atomic mass is 79.9. The van der Waals surface area contributed by atoms with Crippen LogP contribution in [-0.4, -0.2) is 31.5 Å². The number of fused-ring (bicyclic) bond motifs is 2. The Hall–Kier alpha value is -4.04. The second-order valence-corrected chi connectivity index (χ2v) is 10.3. The first-order valence-electron chi connectivity index (χ1n) is 12.4. The predicted octanol–water partition coefficient (Wildman–Crippen LogP) is 6.56. The zero-order valence-electron chi connectivity index (χ0n) is 21.4. The number of nitrogens with zero attached hydrogens (tertiary/aromatic N) is 4. The topological polar surface area (TPSA) is 89.5 Å². The van der Waals surface area contributed by atoms with E-state index in [1.54, 1.807) is 30.5 Å². The van der Waals surface area contributed by atoms with Gasteiger partial charge in [0, 0.05) is 39.1 Å². The normalized spacial score (nSPS) is 12.5. The Kier molecular flexibility index (Phi) is 6.99. The maximum absolute atomic E-state index is 13.6. The van der Waals surface area contributed by atoms with Gasteiger partial charge < -0.3 is 9.67 Å². The Morgan fingerprint density at radius 3 is 2.66 bits per heavy atom. The van der Waals surface area contributed by atoms with E-state index in [-0.39, 0.29) is 17.0 Å². The summed E-state index contributed by atoms with van der Waals surface area (Å²) < 4.78 is 4.37. The van der Waals surface area contributed by atoms with Crippen LogP contribution < -0.4 is 5.56 Å². The lowest BCUT2D eigenvalue weighted by molar-refractivity contribution is 0.0696. The molecular weight excluding hydrogens is 544 g/mol. The molecule has 0 saturated heterocycles. The van der Waals surface area contributed by atoms with Crippen LogP contribution in [0.2, 0.25) is 0 Å². The summed E-state index contributed by atoms with van der Waals surface area (Å²) in [4.78, 5) is 29.8. The van der Waals surface area contributed by atoms with Gasteiger partial charge >= 0.3 is 5.97 Å². The number of carbonyl (C=O) groups is 1. The molecule has 0 bridgehead atoms. The van der Waals surface area contributed by atoms with Crippen LogP contribution in [0.5, 0.6) is 0 Å². The van der Waals surface area contributed by atoms with Gasteiger partial charge in [0.25, 0.3) is 5.56 Å². The number of hydrogen-bond donors (Lipinski definition) is 1. The Labute approximate surface area is 228 Å². The molecule has 192 valence electrons. The van der Waals surface area contributed by atoms with Gasteiger partial charge in [-0.25, -0.2) is 9.78 Å². The van der Waals surface area contributed by atoms with Gasteiger partial charge in [-0.2, -0.15) is 9.78 Å². The first kappa shape index (κ1) is 25.6. The Morgan fingerprint density at radius 1 is 1.11 bits per heavy atom. The molecule has 0 aliphatic heterocycles. The summed E-state index contributed by atoms with van der Waals surface area (Å²) in [7, 11) is 0. The van der Waals surface area contributed by atoms with E-state index in [9.17, 15) is 14.7 Å². The Bertz CT molecular complexity index is 1780. The second-order valence-electron chi connectivity index (χ2n) is 9.41. The van der Waals surface area contributed by atoms with E-state index in [1.807, 2.05) is 56.3 Å². The van der Waals surface area contributed by atoms with Crippen LogP contribution in [0.15, 0.2) is 81.1 Å². The molecule has 7 nitrogen and oxygen atoms in total. The molecule has 0 fully saturated rings. The minimum absolute atomic E-state index is 0.0387. The van der Waals surface area contributed by atoms with Crippen molar-refractivity contribution in [2.24, 2.45) is 5.10 Å². The van der Waals surface area contributed by atoms with Crippen molar-refractivity contribution in [2.75, 3.05) is 0 Å². The summed E-state index contributed by atoms with van der Waals surface area (Å²) in [6, 6.07) is 20.5. The highest BCUT2D eigenvalue weighted by molar-refractivity contribution is 9.10. The first-order chi connectivity index (χ1) is 18.3. The molecule has 5 aromatic rings. The average molecular weight is 571 g/mol.